The molecule has 1 atom stereocenters. The van der Waals surface area contributed by atoms with Crippen LogP contribution < -0.4 is 0 Å². The quantitative estimate of drug-likeness (QED) is 0.691. The van der Waals surface area contributed by atoms with E-state index in [0.717, 1.165) is 29.2 Å². The first kappa shape index (κ1) is 15.1. The maximum Gasteiger partial charge on any atom is 0.169 e. The lowest BCUT2D eigenvalue weighted by molar-refractivity contribution is 0.204. The van der Waals surface area contributed by atoms with Crippen molar-refractivity contribution < 1.29 is 5.11 Å². The van der Waals surface area contributed by atoms with Crippen molar-refractivity contribution in [3.05, 3.63) is 60.2 Å². The number of rotatable bonds is 6. The lowest BCUT2D eigenvalue weighted by Gasteiger charge is -2.11. The summed E-state index contributed by atoms with van der Waals surface area (Å²) < 4.78 is 2.25. The molecule has 0 amide bonds. The fourth-order valence-electron chi connectivity index (χ4n) is 2.53. The van der Waals surface area contributed by atoms with Crippen molar-refractivity contribution in [1.29, 1.82) is 0 Å². The number of nitrogens with zero attached hydrogens (tertiary/aromatic N) is 2. The third kappa shape index (κ3) is 3.18. The molecule has 0 radical (unpaired) electrons. The highest BCUT2D eigenvalue weighted by Gasteiger charge is 2.13. The van der Waals surface area contributed by atoms with Crippen molar-refractivity contribution in [3.63, 3.8) is 0 Å². The van der Waals surface area contributed by atoms with E-state index in [2.05, 4.69) is 17.6 Å². The van der Waals surface area contributed by atoms with Crippen molar-refractivity contribution in [2.45, 2.75) is 31.1 Å². The molecule has 114 valence electrons. The number of benzene rings is 2. The molecule has 22 heavy (non-hydrogen) atoms. The molecular weight excluding hydrogens is 292 g/mol. The molecule has 0 saturated heterocycles. The van der Waals surface area contributed by atoms with Crippen molar-refractivity contribution in [3.8, 4) is 0 Å². The number of aliphatic hydroxyl groups is 1. The third-order valence-corrected chi connectivity index (χ3v) is 4.67. The second-order valence-corrected chi connectivity index (χ2v) is 6.26. The van der Waals surface area contributed by atoms with Gasteiger partial charge in [0.15, 0.2) is 5.16 Å². The van der Waals surface area contributed by atoms with Gasteiger partial charge >= 0.3 is 0 Å². The lowest BCUT2D eigenvalue weighted by atomic mass is 10.1. The number of thioether (sulfide) groups is 1. The molecular formula is C18H20N2OS. The number of aromatic nitrogens is 2. The fraction of sp³-hybridized carbons (Fsp3) is 0.278. The van der Waals surface area contributed by atoms with Gasteiger partial charge in [0.25, 0.3) is 0 Å². The van der Waals surface area contributed by atoms with Crippen molar-refractivity contribution >= 4 is 22.8 Å². The van der Waals surface area contributed by atoms with Gasteiger partial charge in [0.05, 0.1) is 17.1 Å². The molecule has 2 aromatic carbocycles. The zero-order chi connectivity index (χ0) is 15.4. The summed E-state index contributed by atoms with van der Waals surface area (Å²) in [6.45, 7) is 3.12. The van der Waals surface area contributed by atoms with E-state index in [9.17, 15) is 5.11 Å². The lowest BCUT2D eigenvalue weighted by Crippen LogP contribution is -2.03. The molecule has 0 bridgehead atoms. The summed E-state index contributed by atoms with van der Waals surface area (Å²) in [6.07, 6.45) is 0.593. The number of hydrogen-bond acceptors (Lipinski definition) is 3. The molecule has 3 rings (SSSR count). The first-order chi connectivity index (χ1) is 10.8. The molecule has 1 aromatic heterocycles. The summed E-state index contributed by atoms with van der Waals surface area (Å²) >= 11 is 1.62. The van der Waals surface area contributed by atoms with E-state index in [0.29, 0.717) is 5.75 Å². The molecule has 3 nitrogen and oxygen atoms in total. The van der Waals surface area contributed by atoms with Gasteiger partial charge in [-0.1, -0.05) is 61.2 Å². The third-order valence-electron chi connectivity index (χ3n) is 3.62. The van der Waals surface area contributed by atoms with Gasteiger partial charge in [-0.25, -0.2) is 4.98 Å². The van der Waals surface area contributed by atoms with Crippen LogP contribution in [0.1, 0.15) is 25.0 Å². The molecule has 0 aliphatic carbocycles. The molecule has 0 aliphatic rings. The summed E-state index contributed by atoms with van der Waals surface area (Å²) in [6, 6.07) is 18.0. The van der Waals surface area contributed by atoms with E-state index in [1.807, 2.05) is 48.5 Å². The number of aryl methyl sites for hydroxylation is 1. The summed E-state index contributed by atoms with van der Waals surface area (Å²) in [5.74, 6) is 0.608. The highest BCUT2D eigenvalue weighted by molar-refractivity contribution is 7.99. The Morgan fingerprint density at radius 1 is 1.09 bits per heavy atom. The maximum atomic E-state index is 10.3. The largest absolute Gasteiger partial charge is 0.388 e. The van der Waals surface area contributed by atoms with Crippen LogP contribution >= 0.6 is 11.8 Å². The number of hydrogen-bond donors (Lipinski definition) is 1. The smallest absolute Gasteiger partial charge is 0.169 e. The summed E-state index contributed by atoms with van der Waals surface area (Å²) in [5, 5.41) is 11.3. The minimum Gasteiger partial charge on any atom is -0.388 e. The normalized spacial score (nSPS) is 12.6. The standard InChI is InChI=1S/C18H20N2OS/c1-2-12-20-16-11-7-6-10-15(16)19-18(20)22-13-17(21)14-8-4-3-5-9-14/h3-11,17,21H,2,12-13H2,1H3. The first-order valence-electron chi connectivity index (χ1n) is 7.60. The van der Waals surface area contributed by atoms with Crippen LogP contribution in [0.4, 0.5) is 0 Å². The second kappa shape index (κ2) is 6.99. The SMILES string of the molecule is CCCn1c(SCC(O)c2ccccc2)nc2ccccc21. The Morgan fingerprint density at radius 3 is 2.59 bits per heavy atom. The van der Waals surface area contributed by atoms with Gasteiger partial charge in [-0.2, -0.15) is 0 Å². The Hall–Kier alpha value is -1.78. The van der Waals surface area contributed by atoms with Gasteiger partial charge in [0.2, 0.25) is 0 Å². The average molecular weight is 312 g/mol. The monoisotopic (exact) mass is 312 g/mol. The zero-order valence-electron chi connectivity index (χ0n) is 12.6. The van der Waals surface area contributed by atoms with E-state index in [-0.39, 0.29) is 0 Å². The summed E-state index contributed by atoms with van der Waals surface area (Å²) in [4.78, 5) is 4.71. The van der Waals surface area contributed by atoms with Gasteiger partial charge in [0.1, 0.15) is 0 Å². The number of fused-ring (bicyclic) bond motifs is 1. The molecule has 4 heteroatoms. The topological polar surface area (TPSA) is 38.0 Å². The van der Waals surface area contributed by atoms with E-state index in [4.69, 9.17) is 4.98 Å². The molecule has 0 fully saturated rings. The number of imidazole rings is 1. The molecule has 1 heterocycles. The zero-order valence-corrected chi connectivity index (χ0v) is 13.5. The van der Waals surface area contributed by atoms with E-state index in [1.54, 1.807) is 11.8 Å². The molecule has 0 spiro atoms. The number of para-hydroxylation sites is 2. The van der Waals surface area contributed by atoms with Gasteiger partial charge in [0, 0.05) is 12.3 Å². The Morgan fingerprint density at radius 2 is 1.82 bits per heavy atom. The summed E-state index contributed by atoms with van der Waals surface area (Å²) in [7, 11) is 0. The van der Waals surface area contributed by atoms with Crippen molar-refractivity contribution in [2.75, 3.05) is 5.75 Å². The summed E-state index contributed by atoms with van der Waals surface area (Å²) in [5.41, 5.74) is 3.14. The minimum absolute atomic E-state index is 0.471. The predicted octanol–water partition coefficient (Wildman–Crippen LogP) is 4.27. The van der Waals surface area contributed by atoms with Gasteiger partial charge in [-0.05, 0) is 24.1 Å². The Labute approximate surface area is 135 Å². The second-order valence-electron chi connectivity index (χ2n) is 5.27. The van der Waals surface area contributed by atoms with E-state index < -0.39 is 6.10 Å². The molecule has 0 aliphatic heterocycles. The van der Waals surface area contributed by atoms with Crippen LogP contribution in [0, 0.1) is 0 Å². The fourth-order valence-corrected chi connectivity index (χ4v) is 3.54. The van der Waals surface area contributed by atoms with Crippen LogP contribution in [0.25, 0.3) is 11.0 Å². The predicted molar refractivity (Wildman–Crippen MR) is 92.1 cm³/mol. The molecule has 3 aromatic rings. The Kier molecular flexibility index (Phi) is 4.80. The van der Waals surface area contributed by atoms with Crippen LogP contribution in [0.15, 0.2) is 59.8 Å². The van der Waals surface area contributed by atoms with Crippen molar-refractivity contribution in [1.82, 2.24) is 9.55 Å². The van der Waals surface area contributed by atoms with E-state index >= 15 is 0 Å². The average Bonchev–Trinajstić information content (AvgIpc) is 2.92. The number of aliphatic hydroxyl groups excluding tert-OH is 1. The van der Waals surface area contributed by atoms with Gasteiger partial charge < -0.3 is 9.67 Å². The van der Waals surface area contributed by atoms with Crippen LogP contribution in [0.3, 0.4) is 0 Å². The highest BCUT2D eigenvalue weighted by Crippen LogP contribution is 2.28. The Bertz CT molecular complexity index is 739. The van der Waals surface area contributed by atoms with Crippen LogP contribution in [-0.4, -0.2) is 20.4 Å². The molecule has 1 N–H and O–H groups in total. The maximum absolute atomic E-state index is 10.3. The molecule has 1 unspecified atom stereocenters. The highest BCUT2D eigenvalue weighted by atomic mass is 32.2. The van der Waals surface area contributed by atoms with Gasteiger partial charge in [-0.3, -0.25) is 0 Å². The minimum atomic E-state index is -0.471. The van der Waals surface area contributed by atoms with Crippen LogP contribution in [-0.2, 0) is 6.54 Å². The van der Waals surface area contributed by atoms with Crippen LogP contribution in [0.2, 0.25) is 0 Å². The molecule has 0 saturated carbocycles. The van der Waals surface area contributed by atoms with E-state index in [1.165, 1.54) is 5.52 Å². The van der Waals surface area contributed by atoms with Crippen LogP contribution in [0.5, 0.6) is 0 Å². The Balaban J connectivity index is 1.80. The van der Waals surface area contributed by atoms with Crippen molar-refractivity contribution in [2.24, 2.45) is 0 Å². The first-order valence-corrected chi connectivity index (χ1v) is 8.59. The van der Waals surface area contributed by atoms with Gasteiger partial charge in [-0.15, -0.1) is 0 Å².